The van der Waals surface area contributed by atoms with Crippen LogP contribution in [-0.2, 0) is 9.47 Å². The van der Waals surface area contributed by atoms with Gasteiger partial charge >= 0.3 is 12.3 Å². The molecular weight excluding hydrogens is 275 g/mol. The van der Waals surface area contributed by atoms with E-state index in [1.807, 2.05) is 0 Å². The maximum atomic E-state index is 12.8. The molecule has 1 aliphatic rings. The lowest BCUT2D eigenvalue weighted by atomic mass is 10.1. The molecule has 0 aliphatic carbocycles. The summed E-state index contributed by atoms with van der Waals surface area (Å²) in [7, 11) is 0. The maximum Gasteiger partial charge on any atom is 0.416 e. The van der Waals surface area contributed by atoms with Crippen LogP contribution in [0.5, 0.6) is 0 Å². The number of carbonyl (C=O) groups is 1. The molecule has 116 valence electrons. The number of rotatable bonds is 1. The molecule has 1 aliphatic heterocycles. The Labute approximate surface area is 116 Å². The minimum Gasteiger partial charge on any atom is -0.444 e. The van der Waals surface area contributed by atoms with Gasteiger partial charge in [0.2, 0.25) is 0 Å². The summed E-state index contributed by atoms with van der Waals surface area (Å²) in [6.07, 6.45) is -8.18. The lowest BCUT2D eigenvalue weighted by Gasteiger charge is -2.39. The summed E-state index contributed by atoms with van der Waals surface area (Å²) < 4.78 is 48.5. The van der Waals surface area contributed by atoms with Gasteiger partial charge in [-0.05, 0) is 27.7 Å². The van der Waals surface area contributed by atoms with E-state index in [9.17, 15) is 18.0 Å². The third-order valence-electron chi connectivity index (χ3n) is 2.67. The second-order valence-corrected chi connectivity index (χ2v) is 5.89. The van der Waals surface area contributed by atoms with Crippen molar-refractivity contribution in [3.05, 3.63) is 12.2 Å². The number of ether oxygens (including phenoxy) is 2. The van der Waals surface area contributed by atoms with Gasteiger partial charge in [-0.25, -0.2) is 4.79 Å². The van der Waals surface area contributed by atoms with E-state index < -0.39 is 36.6 Å². The highest BCUT2D eigenvalue weighted by Gasteiger charge is 2.47. The number of alkyl halides is 3. The molecule has 2 atom stereocenters. The van der Waals surface area contributed by atoms with Gasteiger partial charge in [0.1, 0.15) is 5.60 Å². The molecule has 0 spiro atoms. The average Bonchev–Trinajstić information content (AvgIpc) is 2.24. The van der Waals surface area contributed by atoms with Crippen LogP contribution in [-0.4, -0.2) is 48.1 Å². The predicted octanol–water partition coefficient (Wildman–Crippen LogP) is 3.13. The fraction of sp³-hybridized carbons (Fsp3) is 0.769. The summed E-state index contributed by atoms with van der Waals surface area (Å²) in [6, 6.07) is 0. The molecule has 4 nitrogen and oxygen atoms in total. The minimum absolute atomic E-state index is 0.0107. The summed E-state index contributed by atoms with van der Waals surface area (Å²) in [5.41, 5.74) is -0.325. The maximum absolute atomic E-state index is 12.8. The van der Waals surface area contributed by atoms with Crippen molar-refractivity contribution < 1.29 is 27.4 Å². The lowest BCUT2D eigenvalue weighted by Crippen LogP contribution is -2.55. The lowest BCUT2D eigenvalue weighted by molar-refractivity contribution is -0.246. The van der Waals surface area contributed by atoms with Crippen LogP contribution in [0.4, 0.5) is 18.0 Å². The van der Waals surface area contributed by atoms with Gasteiger partial charge in [0.15, 0.2) is 6.10 Å². The zero-order valence-electron chi connectivity index (χ0n) is 12.1. The molecule has 7 heteroatoms. The molecule has 0 radical (unpaired) electrons. The number of morpholine rings is 1. The average molecular weight is 295 g/mol. The molecule has 1 saturated heterocycles. The first-order valence-electron chi connectivity index (χ1n) is 6.25. The standard InChI is InChI=1S/C13H20F3NO3/c1-8(2)9-6-17(11(18)20-12(3,4)5)7-10(19-9)13(14,15)16/h9-10H,1,6-7H2,2-5H3. The monoisotopic (exact) mass is 295 g/mol. The number of halogens is 3. The highest BCUT2D eigenvalue weighted by molar-refractivity contribution is 5.68. The van der Waals surface area contributed by atoms with Gasteiger partial charge in [-0.15, -0.1) is 0 Å². The molecule has 1 rings (SSSR count). The SMILES string of the molecule is C=C(C)C1CN(C(=O)OC(C)(C)C)CC(C(F)(F)F)O1. The van der Waals surface area contributed by atoms with E-state index in [-0.39, 0.29) is 6.54 Å². The quantitative estimate of drug-likeness (QED) is 0.698. The molecule has 2 unspecified atom stereocenters. The van der Waals surface area contributed by atoms with Crippen molar-refractivity contribution >= 4 is 6.09 Å². The Bertz CT molecular complexity index is 387. The third-order valence-corrected chi connectivity index (χ3v) is 2.67. The molecule has 0 aromatic carbocycles. The molecule has 20 heavy (non-hydrogen) atoms. The fourth-order valence-corrected chi connectivity index (χ4v) is 1.69. The molecule has 0 saturated carbocycles. The number of amides is 1. The van der Waals surface area contributed by atoms with Gasteiger partial charge in [-0.1, -0.05) is 12.2 Å². The molecule has 0 aromatic rings. The topological polar surface area (TPSA) is 38.8 Å². The van der Waals surface area contributed by atoms with Crippen molar-refractivity contribution in [2.75, 3.05) is 13.1 Å². The van der Waals surface area contributed by atoms with E-state index >= 15 is 0 Å². The first-order valence-corrected chi connectivity index (χ1v) is 6.25. The summed E-state index contributed by atoms with van der Waals surface area (Å²) in [5.74, 6) is 0. The summed E-state index contributed by atoms with van der Waals surface area (Å²) >= 11 is 0. The van der Waals surface area contributed by atoms with Gasteiger partial charge in [0.25, 0.3) is 0 Å². The van der Waals surface area contributed by atoms with Crippen LogP contribution in [0, 0.1) is 0 Å². The van der Waals surface area contributed by atoms with Crippen LogP contribution in [0.3, 0.4) is 0 Å². The molecular formula is C13H20F3NO3. The molecule has 1 fully saturated rings. The van der Waals surface area contributed by atoms with Crippen LogP contribution < -0.4 is 0 Å². The Hall–Kier alpha value is -1.24. The van der Waals surface area contributed by atoms with Crippen molar-refractivity contribution in [1.82, 2.24) is 4.90 Å². The predicted molar refractivity (Wildman–Crippen MR) is 67.3 cm³/mol. The van der Waals surface area contributed by atoms with E-state index in [4.69, 9.17) is 9.47 Å². The number of nitrogens with zero attached hydrogens (tertiary/aromatic N) is 1. The smallest absolute Gasteiger partial charge is 0.416 e. The Kier molecular flexibility index (Phi) is 4.74. The van der Waals surface area contributed by atoms with Gasteiger partial charge in [-0.3, -0.25) is 0 Å². The summed E-state index contributed by atoms with van der Waals surface area (Å²) in [4.78, 5) is 12.9. The van der Waals surface area contributed by atoms with Crippen molar-refractivity contribution in [1.29, 1.82) is 0 Å². The molecule has 1 heterocycles. The summed E-state index contributed by atoms with van der Waals surface area (Å²) in [5, 5.41) is 0. The molecule has 0 N–H and O–H groups in total. The van der Waals surface area contributed by atoms with Crippen molar-refractivity contribution in [2.24, 2.45) is 0 Å². The van der Waals surface area contributed by atoms with Crippen molar-refractivity contribution in [3.63, 3.8) is 0 Å². The van der Waals surface area contributed by atoms with E-state index in [2.05, 4.69) is 6.58 Å². The van der Waals surface area contributed by atoms with Gasteiger partial charge < -0.3 is 14.4 Å². The number of carbonyl (C=O) groups excluding carboxylic acids is 1. The number of hydrogen-bond donors (Lipinski definition) is 0. The largest absolute Gasteiger partial charge is 0.444 e. The van der Waals surface area contributed by atoms with Gasteiger partial charge in [-0.2, -0.15) is 13.2 Å². The van der Waals surface area contributed by atoms with Crippen molar-refractivity contribution in [3.8, 4) is 0 Å². The Morgan fingerprint density at radius 3 is 2.25 bits per heavy atom. The normalized spacial score (nSPS) is 24.4. The molecule has 0 bridgehead atoms. The Morgan fingerprint density at radius 2 is 1.85 bits per heavy atom. The van der Waals surface area contributed by atoms with Crippen LogP contribution >= 0.6 is 0 Å². The zero-order chi connectivity index (χ0) is 15.7. The highest BCUT2D eigenvalue weighted by atomic mass is 19.4. The van der Waals surface area contributed by atoms with Crippen molar-refractivity contribution in [2.45, 2.75) is 51.7 Å². The first kappa shape index (κ1) is 16.8. The summed E-state index contributed by atoms with van der Waals surface area (Å²) in [6.45, 7) is 9.57. The zero-order valence-corrected chi connectivity index (χ0v) is 12.1. The Balaban J connectivity index is 2.85. The second-order valence-electron chi connectivity index (χ2n) is 5.89. The highest BCUT2D eigenvalue weighted by Crippen LogP contribution is 2.30. The van der Waals surface area contributed by atoms with E-state index in [1.54, 1.807) is 27.7 Å². The Morgan fingerprint density at radius 1 is 1.30 bits per heavy atom. The van der Waals surface area contributed by atoms with Crippen LogP contribution in [0.2, 0.25) is 0 Å². The van der Waals surface area contributed by atoms with Crippen LogP contribution in [0.15, 0.2) is 12.2 Å². The van der Waals surface area contributed by atoms with Crippen LogP contribution in [0.25, 0.3) is 0 Å². The van der Waals surface area contributed by atoms with Crippen LogP contribution in [0.1, 0.15) is 27.7 Å². The van der Waals surface area contributed by atoms with Gasteiger partial charge in [0, 0.05) is 0 Å². The van der Waals surface area contributed by atoms with E-state index in [0.717, 1.165) is 4.90 Å². The minimum atomic E-state index is -4.53. The fourth-order valence-electron chi connectivity index (χ4n) is 1.69. The van der Waals surface area contributed by atoms with E-state index in [0.29, 0.717) is 5.57 Å². The van der Waals surface area contributed by atoms with E-state index in [1.165, 1.54) is 0 Å². The first-order chi connectivity index (χ1) is 8.90. The van der Waals surface area contributed by atoms with Gasteiger partial charge in [0.05, 0.1) is 19.2 Å². The molecule has 1 amide bonds. The second kappa shape index (κ2) is 5.63. The molecule has 0 aromatic heterocycles. The third kappa shape index (κ3) is 4.70. The number of hydrogen-bond acceptors (Lipinski definition) is 3.